The number of rotatable bonds is 4. The molecule has 2 aromatic carbocycles. The molecule has 0 fully saturated rings. The summed E-state index contributed by atoms with van der Waals surface area (Å²) in [5, 5.41) is -1.09. The Kier molecular flexibility index (Phi) is 4.80. The number of benzene rings is 2. The zero-order valence-corrected chi connectivity index (χ0v) is 14.3. The zero-order chi connectivity index (χ0) is 18.9. The van der Waals surface area contributed by atoms with Crippen LogP contribution in [-0.4, -0.2) is 11.3 Å². The van der Waals surface area contributed by atoms with E-state index in [1.54, 1.807) is 18.2 Å². The monoisotopic (exact) mass is 378 g/mol. The molecule has 2 atom stereocenters. The van der Waals surface area contributed by atoms with E-state index in [9.17, 15) is 22.4 Å². The standard InChI is InChI=1S/C20H14F4OS/c1-2-15(13-8-4-3-5-9-13)19(20(22,23)24)12-17(26-18(19)25)14-10-6-7-11-16(14)21/h2-12,15H,1H2. The van der Waals surface area contributed by atoms with Gasteiger partial charge in [0.25, 0.3) is 0 Å². The van der Waals surface area contributed by atoms with Crippen molar-refractivity contribution in [2.75, 3.05) is 0 Å². The third-order valence-electron chi connectivity index (χ3n) is 4.39. The highest BCUT2D eigenvalue weighted by Crippen LogP contribution is 2.60. The van der Waals surface area contributed by atoms with Gasteiger partial charge >= 0.3 is 6.18 Å². The minimum atomic E-state index is -4.86. The maximum absolute atomic E-state index is 14.2. The van der Waals surface area contributed by atoms with Crippen molar-refractivity contribution in [2.24, 2.45) is 5.41 Å². The molecule has 134 valence electrons. The molecule has 0 aliphatic carbocycles. The quantitative estimate of drug-likeness (QED) is 0.482. The van der Waals surface area contributed by atoms with Crippen molar-refractivity contribution in [1.82, 2.24) is 0 Å². The van der Waals surface area contributed by atoms with Crippen LogP contribution in [0.5, 0.6) is 0 Å². The van der Waals surface area contributed by atoms with E-state index in [2.05, 4.69) is 6.58 Å². The van der Waals surface area contributed by atoms with Crippen LogP contribution in [0.2, 0.25) is 0 Å². The molecule has 0 spiro atoms. The molecule has 1 aliphatic rings. The maximum Gasteiger partial charge on any atom is 0.406 e. The normalized spacial score (nSPS) is 21.4. The average Bonchev–Trinajstić information content (AvgIpc) is 2.95. The fourth-order valence-electron chi connectivity index (χ4n) is 3.11. The van der Waals surface area contributed by atoms with E-state index in [0.717, 1.165) is 18.2 Å². The first-order valence-corrected chi connectivity index (χ1v) is 8.57. The first-order valence-electron chi connectivity index (χ1n) is 7.75. The van der Waals surface area contributed by atoms with Crippen LogP contribution in [0.3, 0.4) is 0 Å². The van der Waals surface area contributed by atoms with Crippen molar-refractivity contribution in [2.45, 2.75) is 12.1 Å². The number of carbonyl (C=O) groups is 1. The van der Waals surface area contributed by atoms with Gasteiger partial charge in [-0.05, 0) is 17.7 Å². The van der Waals surface area contributed by atoms with Crippen molar-refractivity contribution < 1.29 is 22.4 Å². The van der Waals surface area contributed by atoms with Gasteiger partial charge in [0.2, 0.25) is 5.12 Å². The highest BCUT2D eigenvalue weighted by atomic mass is 32.2. The SMILES string of the molecule is C=CC(c1ccccc1)C1(C(F)(F)F)C=C(c2ccccc2F)SC1=O. The fraction of sp³-hybridized carbons (Fsp3) is 0.150. The minimum absolute atomic E-state index is 0.0205. The Morgan fingerprint density at radius 2 is 1.65 bits per heavy atom. The summed E-state index contributed by atoms with van der Waals surface area (Å²) in [6, 6.07) is 13.4. The van der Waals surface area contributed by atoms with Crippen LogP contribution in [0.1, 0.15) is 17.0 Å². The van der Waals surface area contributed by atoms with E-state index in [4.69, 9.17) is 0 Å². The number of carbonyl (C=O) groups excluding carboxylic acids is 1. The predicted molar refractivity (Wildman–Crippen MR) is 94.8 cm³/mol. The van der Waals surface area contributed by atoms with Gasteiger partial charge in [0.15, 0.2) is 5.41 Å². The zero-order valence-electron chi connectivity index (χ0n) is 13.5. The van der Waals surface area contributed by atoms with Crippen LogP contribution in [0.4, 0.5) is 17.6 Å². The van der Waals surface area contributed by atoms with Crippen molar-refractivity contribution in [3.63, 3.8) is 0 Å². The number of thioether (sulfide) groups is 1. The van der Waals surface area contributed by atoms with Gasteiger partial charge in [-0.3, -0.25) is 4.79 Å². The smallest absolute Gasteiger partial charge is 0.285 e. The van der Waals surface area contributed by atoms with Gasteiger partial charge in [0, 0.05) is 16.4 Å². The van der Waals surface area contributed by atoms with Gasteiger partial charge in [-0.2, -0.15) is 13.2 Å². The van der Waals surface area contributed by atoms with E-state index >= 15 is 0 Å². The third-order valence-corrected chi connectivity index (χ3v) is 5.47. The average molecular weight is 378 g/mol. The molecule has 1 heterocycles. The van der Waals surface area contributed by atoms with Gasteiger partial charge in [-0.15, -0.1) is 6.58 Å². The van der Waals surface area contributed by atoms with E-state index in [1.165, 1.54) is 30.3 Å². The van der Waals surface area contributed by atoms with E-state index in [1.807, 2.05) is 0 Å². The lowest BCUT2D eigenvalue weighted by Crippen LogP contribution is -2.44. The molecule has 1 nitrogen and oxygen atoms in total. The van der Waals surface area contributed by atoms with E-state index in [-0.39, 0.29) is 10.5 Å². The summed E-state index contributed by atoms with van der Waals surface area (Å²) in [5.41, 5.74) is -2.49. The molecular formula is C20H14F4OS. The molecule has 26 heavy (non-hydrogen) atoms. The number of hydrogen-bond acceptors (Lipinski definition) is 2. The van der Waals surface area contributed by atoms with Gasteiger partial charge < -0.3 is 0 Å². The van der Waals surface area contributed by atoms with Crippen molar-refractivity contribution in [3.05, 3.63) is 90.3 Å². The van der Waals surface area contributed by atoms with Crippen LogP contribution >= 0.6 is 11.8 Å². The Hall–Kier alpha value is -2.34. The molecule has 0 aromatic heterocycles. The maximum atomic E-state index is 14.2. The number of alkyl halides is 3. The Balaban J connectivity index is 2.22. The number of allylic oxidation sites excluding steroid dienone is 2. The van der Waals surface area contributed by atoms with Crippen LogP contribution in [-0.2, 0) is 4.79 Å². The molecular weight excluding hydrogens is 364 g/mol. The largest absolute Gasteiger partial charge is 0.406 e. The van der Waals surface area contributed by atoms with E-state index in [0.29, 0.717) is 17.3 Å². The first kappa shape index (κ1) is 18.5. The third kappa shape index (κ3) is 2.88. The number of halogens is 4. The minimum Gasteiger partial charge on any atom is -0.285 e. The predicted octanol–water partition coefficient (Wildman–Crippen LogP) is 5.96. The summed E-state index contributed by atoms with van der Waals surface area (Å²) in [4.78, 5) is 12.6. The highest BCUT2D eigenvalue weighted by molar-refractivity contribution is 8.22. The van der Waals surface area contributed by atoms with Crippen molar-refractivity contribution in [3.8, 4) is 0 Å². The van der Waals surface area contributed by atoms with Gasteiger partial charge in [0.1, 0.15) is 5.82 Å². The summed E-state index contributed by atoms with van der Waals surface area (Å²) in [6.07, 6.45) is -2.89. The Morgan fingerprint density at radius 3 is 2.23 bits per heavy atom. The molecule has 0 N–H and O–H groups in total. The lowest BCUT2D eigenvalue weighted by atomic mass is 9.71. The Labute approximate surface area is 152 Å². The van der Waals surface area contributed by atoms with E-state index < -0.39 is 28.4 Å². The lowest BCUT2D eigenvalue weighted by molar-refractivity contribution is -0.203. The van der Waals surface area contributed by atoms with Crippen LogP contribution in [0.25, 0.3) is 4.91 Å². The summed E-state index contributed by atoms with van der Waals surface area (Å²) in [6.45, 7) is 3.53. The van der Waals surface area contributed by atoms with Gasteiger partial charge in [-0.25, -0.2) is 4.39 Å². The van der Waals surface area contributed by atoms with Gasteiger partial charge in [-0.1, -0.05) is 66.4 Å². The Morgan fingerprint density at radius 1 is 1.04 bits per heavy atom. The summed E-state index contributed by atoms with van der Waals surface area (Å²) in [7, 11) is 0. The van der Waals surface area contributed by atoms with Crippen LogP contribution in [0.15, 0.2) is 73.3 Å². The molecule has 2 unspecified atom stereocenters. The molecule has 0 bridgehead atoms. The lowest BCUT2D eigenvalue weighted by Gasteiger charge is -2.34. The van der Waals surface area contributed by atoms with Crippen molar-refractivity contribution in [1.29, 1.82) is 0 Å². The van der Waals surface area contributed by atoms with Gasteiger partial charge in [0.05, 0.1) is 0 Å². The molecule has 0 saturated carbocycles. The highest BCUT2D eigenvalue weighted by Gasteiger charge is 2.65. The van der Waals surface area contributed by atoms with Crippen LogP contribution < -0.4 is 0 Å². The molecule has 0 amide bonds. The second-order valence-electron chi connectivity index (χ2n) is 5.87. The molecule has 3 rings (SSSR count). The second-order valence-corrected chi connectivity index (χ2v) is 6.88. The van der Waals surface area contributed by atoms with Crippen LogP contribution in [0, 0.1) is 11.2 Å². The summed E-state index contributed by atoms with van der Waals surface area (Å²) >= 11 is 0.419. The van der Waals surface area contributed by atoms with Crippen molar-refractivity contribution >= 4 is 21.8 Å². The first-order chi connectivity index (χ1) is 12.3. The topological polar surface area (TPSA) is 17.1 Å². The summed E-state index contributed by atoms with van der Waals surface area (Å²) in [5.74, 6) is -1.99. The fourth-order valence-corrected chi connectivity index (χ4v) is 4.30. The molecule has 6 heteroatoms. The molecule has 0 saturated heterocycles. The molecule has 2 aromatic rings. The second kappa shape index (κ2) is 6.76. The molecule has 0 radical (unpaired) electrons. The Bertz CT molecular complexity index is 873. The number of hydrogen-bond donors (Lipinski definition) is 0. The molecule has 1 aliphatic heterocycles. The summed E-state index contributed by atoms with van der Waals surface area (Å²) < 4.78 is 56.5.